The van der Waals surface area contributed by atoms with Crippen LogP contribution in [-0.2, 0) is 9.59 Å². The molecule has 4 rings (SSSR count). The van der Waals surface area contributed by atoms with Gasteiger partial charge in [-0.15, -0.1) is 0 Å². The van der Waals surface area contributed by atoms with Gasteiger partial charge in [0, 0.05) is 12.8 Å². The number of carbonyl (C=O) groups is 2. The second-order valence-corrected chi connectivity index (χ2v) is 11.1. The second-order valence-electron chi connectivity index (χ2n) is 11.1. The van der Waals surface area contributed by atoms with Crippen LogP contribution < -0.4 is 0 Å². The monoisotopic (exact) mass is 418 g/mol. The molecule has 168 valence electrons. The van der Waals surface area contributed by atoms with Crippen molar-refractivity contribution in [3.8, 4) is 0 Å². The van der Waals surface area contributed by atoms with Crippen LogP contribution in [0.2, 0.25) is 0 Å². The van der Waals surface area contributed by atoms with E-state index >= 15 is 0 Å². The van der Waals surface area contributed by atoms with Gasteiger partial charge in [-0.25, -0.2) is 0 Å². The zero-order valence-electron chi connectivity index (χ0n) is 18.9. The minimum absolute atomic E-state index is 0.0596. The summed E-state index contributed by atoms with van der Waals surface area (Å²) in [7, 11) is 0. The Morgan fingerprint density at radius 1 is 1.20 bits per heavy atom. The molecular formula is C25H38O5. The molecule has 1 unspecified atom stereocenters. The summed E-state index contributed by atoms with van der Waals surface area (Å²) in [5.74, 6) is -1.58. The van der Waals surface area contributed by atoms with Crippen LogP contribution in [0.15, 0.2) is 11.6 Å². The quantitative estimate of drug-likeness (QED) is 0.607. The van der Waals surface area contributed by atoms with Gasteiger partial charge in [0.15, 0.2) is 11.6 Å². The Labute approximate surface area is 179 Å². The molecule has 0 saturated heterocycles. The van der Waals surface area contributed by atoms with Gasteiger partial charge in [-0.3, -0.25) is 9.59 Å². The molecule has 0 aromatic heterocycles. The van der Waals surface area contributed by atoms with Gasteiger partial charge in [0.25, 0.3) is 0 Å². The predicted molar refractivity (Wildman–Crippen MR) is 113 cm³/mol. The number of hydrogen-bond acceptors (Lipinski definition) is 5. The van der Waals surface area contributed by atoms with E-state index in [1.165, 1.54) is 12.5 Å². The van der Waals surface area contributed by atoms with Crippen molar-refractivity contribution in [3.05, 3.63) is 11.6 Å². The number of rotatable bonds is 4. The van der Waals surface area contributed by atoms with Crippen LogP contribution in [0.5, 0.6) is 0 Å². The third kappa shape index (κ3) is 2.64. The highest BCUT2D eigenvalue weighted by Crippen LogP contribution is 2.72. The van der Waals surface area contributed by atoms with Gasteiger partial charge >= 0.3 is 0 Å². The van der Waals surface area contributed by atoms with Gasteiger partial charge in [-0.2, -0.15) is 0 Å². The largest absolute Gasteiger partial charge is 0.393 e. The maximum Gasteiger partial charge on any atom is 0.175 e. The number of fused-ring (bicyclic) bond motifs is 5. The summed E-state index contributed by atoms with van der Waals surface area (Å²) < 4.78 is 0. The van der Waals surface area contributed by atoms with Gasteiger partial charge in [0.2, 0.25) is 0 Å². The summed E-state index contributed by atoms with van der Waals surface area (Å²) in [5, 5.41) is 33.9. The topological polar surface area (TPSA) is 94.8 Å². The summed E-state index contributed by atoms with van der Waals surface area (Å²) in [4.78, 5) is 25.1. The third-order valence-corrected chi connectivity index (χ3v) is 9.97. The molecule has 0 heterocycles. The number of ketones is 2. The number of hydrogen-bond donors (Lipinski definition) is 3. The maximum absolute atomic E-state index is 13.1. The lowest BCUT2D eigenvalue weighted by molar-refractivity contribution is -0.279. The zero-order valence-corrected chi connectivity index (χ0v) is 18.9. The van der Waals surface area contributed by atoms with Crippen LogP contribution in [0.3, 0.4) is 0 Å². The van der Waals surface area contributed by atoms with Gasteiger partial charge in [-0.05, 0) is 80.1 Å². The fourth-order valence-corrected chi connectivity index (χ4v) is 8.79. The molecule has 0 bridgehead atoms. The summed E-state index contributed by atoms with van der Waals surface area (Å²) in [6.07, 6.45) is 6.64. The van der Waals surface area contributed by atoms with E-state index in [-0.39, 0.29) is 41.2 Å². The first-order chi connectivity index (χ1) is 13.9. The van der Waals surface area contributed by atoms with Crippen molar-refractivity contribution in [2.45, 2.75) is 97.4 Å². The van der Waals surface area contributed by atoms with Crippen LogP contribution in [0.25, 0.3) is 0 Å². The average molecular weight is 419 g/mol. The molecule has 3 saturated carbocycles. The van der Waals surface area contributed by atoms with E-state index in [0.717, 1.165) is 25.7 Å². The van der Waals surface area contributed by atoms with Crippen LogP contribution in [0, 0.1) is 34.0 Å². The van der Waals surface area contributed by atoms with E-state index in [1.807, 2.05) is 19.9 Å². The minimum atomic E-state index is -2.06. The van der Waals surface area contributed by atoms with Gasteiger partial charge in [0.1, 0.15) is 5.78 Å². The molecule has 0 spiro atoms. The van der Waals surface area contributed by atoms with E-state index in [0.29, 0.717) is 25.7 Å². The normalized spacial score (nSPS) is 46.0. The SMILES string of the molecule is CCCC(O)(O)[C@]1(C(C)=O)CC[C@H]2[C@@H]3CCC4=CC(=O)CC[C@]4(C)[C@H]3C(O)C[C@@]21C. The fourth-order valence-electron chi connectivity index (χ4n) is 8.79. The smallest absolute Gasteiger partial charge is 0.175 e. The van der Waals surface area contributed by atoms with Crippen molar-refractivity contribution in [3.63, 3.8) is 0 Å². The fraction of sp³-hybridized carbons (Fsp3) is 0.840. The second kappa shape index (κ2) is 6.98. The Morgan fingerprint density at radius 3 is 2.53 bits per heavy atom. The van der Waals surface area contributed by atoms with Crippen LogP contribution in [0.4, 0.5) is 0 Å². The van der Waals surface area contributed by atoms with E-state index in [4.69, 9.17) is 0 Å². The lowest BCUT2D eigenvalue weighted by Gasteiger charge is -2.62. The van der Waals surface area contributed by atoms with E-state index in [9.17, 15) is 24.9 Å². The molecular weight excluding hydrogens is 380 g/mol. The van der Waals surface area contributed by atoms with Crippen molar-refractivity contribution in [1.82, 2.24) is 0 Å². The van der Waals surface area contributed by atoms with Crippen molar-refractivity contribution in [2.75, 3.05) is 0 Å². The van der Waals surface area contributed by atoms with E-state index in [2.05, 4.69) is 6.92 Å². The molecule has 0 aromatic carbocycles. The molecule has 0 amide bonds. The summed E-state index contributed by atoms with van der Waals surface area (Å²) in [6.45, 7) is 7.63. The van der Waals surface area contributed by atoms with Crippen molar-refractivity contribution < 1.29 is 24.9 Å². The van der Waals surface area contributed by atoms with Gasteiger partial charge < -0.3 is 15.3 Å². The molecule has 3 N–H and O–H groups in total. The standard InChI is InChI=1S/C25H38O5/c1-5-10-25(29,30)24(15(2)26)12-9-19-18-7-6-16-13-17(27)8-11-22(16,3)21(18)20(28)14-23(19,24)4/h13,18-21,28-30H,5-12,14H2,1-4H3/t18-,19-,20?,21+,22-,23-,24-/m0/s1. The molecule has 0 aliphatic heterocycles. The van der Waals surface area contributed by atoms with Crippen molar-refractivity contribution >= 4 is 11.6 Å². The first-order valence-electron chi connectivity index (χ1n) is 11.8. The molecule has 5 heteroatoms. The third-order valence-electron chi connectivity index (χ3n) is 9.97. The predicted octanol–water partition coefficient (Wildman–Crippen LogP) is 3.55. The Bertz CT molecular complexity index is 784. The molecule has 7 atom stereocenters. The highest BCUT2D eigenvalue weighted by atomic mass is 16.5. The lowest BCUT2D eigenvalue weighted by Crippen LogP contribution is -2.65. The zero-order chi connectivity index (χ0) is 22.1. The number of aliphatic hydroxyl groups is 3. The Hall–Kier alpha value is -1.04. The molecule has 5 nitrogen and oxygen atoms in total. The Balaban J connectivity index is 1.78. The summed E-state index contributed by atoms with van der Waals surface area (Å²) in [5.41, 5.74) is -0.896. The van der Waals surface area contributed by atoms with Crippen molar-refractivity contribution in [2.24, 2.45) is 34.0 Å². The first kappa shape index (κ1) is 22.2. The number of Topliss-reactive ketones (excluding diaryl/α,β-unsaturated/α-hetero) is 1. The Kier molecular flexibility index (Phi) is 5.16. The van der Waals surface area contributed by atoms with Crippen LogP contribution in [-0.4, -0.2) is 38.8 Å². The first-order valence-corrected chi connectivity index (χ1v) is 11.8. The van der Waals surface area contributed by atoms with Crippen LogP contribution >= 0.6 is 0 Å². The summed E-state index contributed by atoms with van der Waals surface area (Å²) in [6, 6.07) is 0. The minimum Gasteiger partial charge on any atom is -0.393 e. The molecule has 4 aliphatic rings. The average Bonchev–Trinajstić information content (AvgIpc) is 2.96. The van der Waals surface area contributed by atoms with Gasteiger partial charge in [0.05, 0.1) is 11.5 Å². The highest BCUT2D eigenvalue weighted by molar-refractivity contribution is 5.91. The molecule has 0 radical (unpaired) electrons. The highest BCUT2D eigenvalue weighted by Gasteiger charge is 2.73. The van der Waals surface area contributed by atoms with E-state index in [1.54, 1.807) is 0 Å². The number of carbonyl (C=O) groups excluding carboxylic acids is 2. The molecule has 4 aliphatic carbocycles. The van der Waals surface area contributed by atoms with Crippen molar-refractivity contribution in [1.29, 1.82) is 0 Å². The maximum atomic E-state index is 13.1. The molecule has 3 fully saturated rings. The Morgan fingerprint density at radius 2 is 1.90 bits per heavy atom. The lowest BCUT2D eigenvalue weighted by atomic mass is 9.43. The molecule has 0 aromatic rings. The van der Waals surface area contributed by atoms with Crippen LogP contribution in [0.1, 0.15) is 85.5 Å². The molecule has 30 heavy (non-hydrogen) atoms. The number of allylic oxidation sites excluding steroid dienone is 1. The number of aliphatic hydroxyl groups excluding tert-OH is 1. The van der Waals surface area contributed by atoms with Gasteiger partial charge in [-0.1, -0.05) is 32.8 Å². The summed E-state index contributed by atoms with van der Waals surface area (Å²) >= 11 is 0. The van der Waals surface area contributed by atoms with E-state index < -0.39 is 22.7 Å².